The molecular weight excluding hydrogens is 359 g/mol. The van der Waals surface area contributed by atoms with Crippen molar-refractivity contribution in [3.8, 4) is 5.75 Å². The number of ether oxygens (including phenoxy) is 1. The quantitative estimate of drug-likeness (QED) is 0.288. The number of rotatable bonds is 10. The Morgan fingerprint density at radius 1 is 1.37 bits per heavy atom. The Balaban J connectivity index is 1.76. The second-order valence-electron chi connectivity index (χ2n) is 6.67. The summed E-state index contributed by atoms with van der Waals surface area (Å²) in [7, 11) is 2.06. The van der Waals surface area contributed by atoms with E-state index in [2.05, 4.69) is 27.0 Å². The number of hydrazone groups is 1. The molecular formula is C18H26F3N5O. The fourth-order valence-electron chi connectivity index (χ4n) is 2.65. The number of pyridine rings is 1. The van der Waals surface area contributed by atoms with E-state index in [-0.39, 0.29) is 6.42 Å². The van der Waals surface area contributed by atoms with Crippen LogP contribution in [0.5, 0.6) is 5.75 Å². The number of halogens is 3. The lowest BCUT2D eigenvalue weighted by Gasteiger charge is -2.37. The first kappa shape index (κ1) is 21.1. The van der Waals surface area contributed by atoms with Gasteiger partial charge in [-0.15, -0.1) is 0 Å². The molecule has 0 aromatic carbocycles. The number of likely N-dealkylation sites (N-methyl/N-ethyl adjacent to an activating group) is 1. The largest absolute Gasteiger partial charge is 0.490 e. The summed E-state index contributed by atoms with van der Waals surface area (Å²) in [4.78, 5) is 10.6. The molecule has 6 nitrogen and oxygen atoms in total. The van der Waals surface area contributed by atoms with Crippen LogP contribution in [-0.4, -0.2) is 54.2 Å². The number of likely N-dealkylation sites (tertiary alicyclic amines) is 1. The first-order valence-corrected chi connectivity index (χ1v) is 9.03. The lowest BCUT2D eigenvalue weighted by Crippen LogP contribution is -2.48. The highest BCUT2D eigenvalue weighted by atomic mass is 19.4. The number of aromatic nitrogens is 1. The summed E-state index contributed by atoms with van der Waals surface area (Å²) < 4.78 is 42.1. The molecule has 150 valence electrons. The van der Waals surface area contributed by atoms with Crippen LogP contribution in [0.2, 0.25) is 0 Å². The monoisotopic (exact) mass is 385 g/mol. The van der Waals surface area contributed by atoms with Crippen LogP contribution in [0.4, 0.5) is 18.9 Å². The van der Waals surface area contributed by atoms with Crippen molar-refractivity contribution < 1.29 is 17.9 Å². The predicted molar refractivity (Wildman–Crippen MR) is 99.7 cm³/mol. The van der Waals surface area contributed by atoms with Gasteiger partial charge in [-0.2, -0.15) is 18.3 Å². The first-order valence-electron chi connectivity index (χ1n) is 9.03. The molecule has 0 spiro atoms. The van der Waals surface area contributed by atoms with Crippen LogP contribution in [0, 0.1) is 0 Å². The Morgan fingerprint density at radius 3 is 2.81 bits per heavy atom. The molecule has 1 atom stereocenters. The van der Waals surface area contributed by atoms with Crippen molar-refractivity contribution in [3.63, 3.8) is 0 Å². The average Bonchev–Trinajstić information content (AvgIpc) is 2.62. The third-order valence-electron chi connectivity index (χ3n) is 4.50. The lowest BCUT2D eigenvalue weighted by molar-refractivity contribution is -0.135. The summed E-state index contributed by atoms with van der Waals surface area (Å²) in [6.07, 6.45) is 2.65. The molecule has 1 fully saturated rings. The second-order valence-corrected chi connectivity index (χ2v) is 6.67. The minimum atomic E-state index is -4.10. The summed E-state index contributed by atoms with van der Waals surface area (Å²) in [5.74, 6) is 5.98. The Labute approximate surface area is 157 Å². The van der Waals surface area contributed by atoms with E-state index in [1.165, 1.54) is 6.21 Å². The van der Waals surface area contributed by atoms with Crippen molar-refractivity contribution in [2.24, 2.45) is 15.9 Å². The predicted octanol–water partition coefficient (Wildman–Crippen LogP) is 3.69. The van der Waals surface area contributed by atoms with Crippen LogP contribution in [0.3, 0.4) is 0 Å². The van der Waals surface area contributed by atoms with E-state index in [0.717, 1.165) is 13.0 Å². The van der Waals surface area contributed by atoms with E-state index in [0.29, 0.717) is 49.1 Å². The smallest absolute Gasteiger partial charge is 0.389 e. The molecule has 1 aromatic heterocycles. The number of hydrogen-bond acceptors (Lipinski definition) is 6. The molecule has 0 saturated carbocycles. The summed E-state index contributed by atoms with van der Waals surface area (Å²) >= 11 is 0. The molecule has 1 saturated heterocycles. The molecule has 9 heteroatoms. The molecule has 0 aliphatic carbocycles. The van der Waals surface area contributed by atoms with Crippen molar-refractivity contribution in [1.29, 1.82) is 0 Å². The van der Waals surface area contributed by atoms with Gasteiger partial charge in [0.2, 0.25) is 0 Å². The van der Waals surface area contributed by atoms with E-state index in [4.69, 9.17) is 10.6 Å². The van der Waals surface area contributed by atoms with Gasteiger partial charge in [0.15, 0.2) is 0 Å². The maximum atomic E-state index is 12.1. The number of aliphatic imine (C=N–C) groups is 1. The molecule has 1 aliphatic heterocycles. The van der Waals surface area contributed by atoms with Crippen molar-refractivity contribution >= 4 is 17.6 Å². The van der Waals surface area contributed by atoms with Crippen LogP contribution in [0.15, 0.2) is 28.6 Å². The van der Waals surface area contributed by atoms with Gasteiger partial charge in [0.05, 0.1) is 30.0 Å². The third kappa shape index (κ3) is 7.94. The number of unbranched alkanes of at least 4 members (excludes halogenated alkanes) is 2. The van der Waals surface area contributed by atoms with Crippen LogP contribution < -0.4 is 10.6 Å². The number of nitrogens with zero attached hydrogens (tertiary/aromatic N) is 4. The van der Waals surface area contributed by atoms with Crippen molar-refractivity contribution in [2.75, 3.05) is 20.2 Å². The Kier molecular flexibility index (Phi) is 8.02. The topological polar surface area (TPSA) is 76.1 Å². The summed E-state index contributed by atoms with van der Waals surface area (Å²) in [5, 5.41) is 3.65. The summed E-state index contributed by atoms with van der Waals surface area (Å²) in [5.41, 5.74) is 1.14. The van der Waals surface area contributed by atoms with Gasteiger partial charge in [0.25, 0.3) is 0 Å². The maximum Gasteiger partial charge on any atom is 0.389 e. The highest BCUT2D eigenvalue weighted by molar-refractivity contribution is 6.30. The molecule has 0 bridgehead atoms. The molecule has 0 radical (unpaired) electrons. The standard InChI is InChI=1S/C18H26F3N5O/c1-26-8-6-16(26)13-27-17-9-15(10-23-12-17)24-11-14(25-22)5-3-2-4-7-18(19,20)21/h9-12,16H,2-8,13,22H2,1H3/t16-/m0/s1. The average molecular weight is 385 g/mol. The summed E-state index contributed by atoms with van der Waals surface area (Å²) in [6, 6.07) is 2.21. The molecule has 2 heterocycles. The molecule has 2 N–H and O–H groups in total. The van der Waals surface area contributed by atoms with E-state index < -0.39 is 12.6 Å². The highest BCUT2D eigenvalue weighted by Gasteiger charge is 2.26. The van der Waals surface area contributed by atoms with Gasteiger partial charge < -0.3 is 10.6 Å². The Hall–Kier alpha value is -2.16. The SMILES string of the molecule is CN1CC[C@H]1COc1cncc(N=CC(CCCCCC(F)(F)F)=NN)c1. The van der Waals surface area contributed by atoms with Gasteiger partial charge in [-0.3, -0.25) is 14.9 Å². The van der Waals surface area contributed by atoms with E-state index in [1.807, 2.05) is 0 Å². The van der Waals surface area contributed by atoms with Crippen molar-refractivity contribution in [1.82, 2.24) is 9.88 Å². The van der Waals surface area contributed by atoms with Crippen LogP contribution in [0.25, 0.3) is 0 Å². The first-order chi connectivity index (χ1) is 12.9. The fraction of sp³-hybridized carbons (Fsp3) is 0.611. The van der Waals surface area contributed by atoms with E-state index in [9.17, 15) is 13.2 Å². The Bertz CT molecular complexity index is 648. The minimum Gasteiger partial charge on any atom is -0.490 e. The zero-order valence-electron chi connectivity index (χ0n) is 15.5. The minimum absolute atomic E-state index is 0.109. The maximum absolute atomic E-state index is 12.1. The van der Waals surface area contributed by atoms with E-state index >= 15 is 0 Å². The van der Waals surface area contributed by atoms with Gasteiger partial charge in [-0.25, -0.2) is 0 Å². The number of alkyl halides is 3. The molecule has 0 amide bonds. The fourth-order valence-corrected chi connectivity index (χ4v) is 2.65. The number of hydrogen-bond donors (Lipinski definition) is 1. The van der Waals surface area contributed by atoms with Crippen LogP contribution in [-0.2, 0) is 0 Å². The molecule has 27 heavy (non-hydrogen) atoms. The molecule has 1 aliphatic rings. The number of nitrogens with two attached hydrogens (primary N) is 1. The summed E-state index contributed by atoms with van der Waals surface area (Å²) in [6.45, 7) is 1.70. The lowest BCUT2D eigenvalue weighted by atomic mass is 10.1. The van der Waals surface area contributed by atoms with Crippen LogP contribution >= 0.6 is 0 Å². The zero-order chi connectivity index (χ0) is 19.7. The molecule has 1 aromatic rings. The van der Waals surface area contributed by atoms with Crippen molar-refractivity contribution in [2.45, 2.75) is 50.7 Å². The molecule has 0 unspecified atom stereocenters. The van der Waals surface area contributed by atoms with Crippen LogP contribution in [0.1, 0.15) is 38.5 Å². The van der Waals surface area contributed by atoms with Gasteiger partial charge in [0.1, 0.15) is 12.4 Å². The van der Waals surface area contributed by atoms with Gasteiger partial charge in [0, 0.05) is 18.5 Å². The van der Waals surface area contributed by atoms with Gasteiger partial charge in [-0.1, -0.05) is 6.42 Å². The second kappa shape index (κ2) is 10.2. The van der Waals surface area contributed by atoms with Crippen molar-refractivity contribution in [3.05, 3.63) is 18.5 Å². The zero-order valence-corrected chi connectivity index (χ0v) is 15.5. The molecule has 2 rings (SSSR count). The highest BCUT2D eigenvalue weighted by Crippen LogP contribution is 2.23. The van der Waals surface area contributed by atoms with E-state index in [1.54, 1.807) is 18.5 Å². The van der Waals surface area contributed by atoms with Gasteiger partial charge in [-0.05, 0) is 39.3 Å². The van der Waals surface area contributed by atoms with Gasteiger partial charge >= 0.3 is 6.18 Å². The third-order valence-corrected chi connectivity index (χ3v) is 4.50. The normalized spacial score (nSPS) is 18.7. The Morgan fingerprint density at radius 2 is 2.19 bits per heavy atom.